The number of aliphatic hydroxyl groups is 8. The SMILES string of the molecule is COc1cc(CCCc2cc(OC3OC(CO)C(O)C(O)C3O)c(OC)c(OC)c2OC)ccc1OC1OC(CO)C(O)C(O)C1O. The van der Waals surface area contributed by atoms with Gasteiger partial charge in [-0.25, -0.2) is 0 Å². The van der Waals surface area contributed by atoms with Gasteiger partial charge in [0.2, 0.25) is 24.1 Å². The molecule has 0 aliphatic carbocycles. The third-order valence-electron chi connectivity index (χ3n) is 8.17. The average Bonchev–Trinajstić information content (AvgIpc) is 3.08. The van der Waals surface area contributed by atoms with Gasteiger partial charge in [0, 0.05) is 5.56 Å². The molecule has 0 spiro atoms. The van der Waals surface area contributed by atoms with Crippen LogP contribution in [0.3, 0.4) is 0 Å². The van der Waals surface area contributed by atoms with Crippen LogP contribution in [-0.2, 0) is 22.3 Å². The molecule has 16 nitrogen and oxygen atoms in total. The molecule has 10 atom stereocenters. The molecule has 2 saturated heterocycles. The van der Waals surface area contributed by atoms with Gasteiger partial charge >= 0.3 is 0 Å². The summed E-state index contributed by atoms with van der Waals surface area (Å²) < 4.78 is 44.8. The number of hydrogen-bond acceptors (Lipinski definition) is 16. The molecule has 4 rings (SSSR count). The zero-order chi connectivity index (χ0) is 34.4. The first-order valence-electron chi connectivity index (χ1n) is 15.0. The fourth-order valence-electron chi connectivity index (χ4n) is 5.55. The summed E-state index contributed by atoms with van der Waals surface area (Å²) in [6.45, 7) is -1.21. The highest BCUT2D eigenvalue weighted by Gasteiger charge is 2.46. The first kappa shape index (κ1) is 36.7. The molecule has 47 heavy (non-hydrogen) atoms. The summed E-state index contributed by atoms with van der Waals surface area (Å²) in [5.41, 5.74) is 1.51. The van der Waals surface area contributed by atoms with Crippen LogP contribution in [0.2, 0.25) is 0 Å². The molecular formula is C31H44O16. The number of aryl methyl sites for hydroxylation is 2. The van der Waals surface area contributed by atoms with Crippen molar-refractivity contribution in [2.45, 2.75) is 80.7 Å². The largest absolute Gasteiger partial charge is 0.493 e. The van der Waals surface area contributed by atoms with Crippen molar-refractivity contribution in [1.29, 1.82) is 0 Å². The van der Waals surface area contributed by atoms with Crippen molar-refractivity contribution in [2.24, 2.45) is 0 Å². The maximum atomic E-state index is 10.5. The predicted molar refractivity (Wildman–Crippen MR) is 160 cm³/mol. The molecule has 0 aromatic heterocycles. The zero-order valence-corrected chi connectivity index (χ0v) is 26.5. The van der Waals surface area contributed by atoms with Gasteiger partial charge in [0.05, 0.1) is 41.7 Å². The van der Waals surface area contributed by atoms with Gasteiger partial charge in [-0.1, -0.05) is 6.07 Å². The number of methoxy groups -OCH3 is 4. The summed E-state index contributed by atoms with van der Waals surface area (Å²) in [7, 11) is 5.71. The van der Waals surface area contributed by atoms with Gasteiger partial charge < -0.3 is 78.7 Å². The van der Waals surface area contributed by atoms with Crippen LogP contribution >= 0.6 is 0 Å². The van der Waals surface area contributed by atoms with E-state index in [0.717, 1.165) is 5.56 Å². The first-order chi connectivity index (χ1) is 22.5. The molecule has 2 fully saturated rings. The van der Waals surface area contributed by atoms with Gasteiger partial charge in [-0.2, -0.15) is 0 Å². The first-order valence-corrected chi connectivity index (χ1v) is 15.0. The van der Waals surface area contributed by atoms with E-state index in [1.807, 2.05) is 0 Å². The van der Waals surface area contributed by atoms with Crippen LogP contribution in [0, 0.1) is 0 Å². The van der Waals surface area contributed by atoms with Crippen molar-refractivity contribution in [2.75, 3.05) is 41.7 Å². The van der Waals surface area contributed by atoms with Crippen LogP contribution in [0.5, 0.6) is 34.5 Å². The van der Waals surface area contributed by atoms with Gasteiger partial charge in [0.25, 0.3) is 0 Å². The molecule has 264 valence electrons. The molecule has 0 saturated carbocycles. The average molecular weight is 673 g/mol. The standard InChI is InChI=1S/C31H44O16/c1-40-17-10-14(8-9-16(17)44-30-25(38)23(36)21(34)19(12-32)46-30)6-5-7-15-11-18(28(42-3)29(43-4)27(15)41-2)45-31-26(39)24(37)22(35)20(13-33)47-31/h8-11,19-26,30-39H,5-7,12-13H2,1-4H3. The number of ether oxygens (including phenoxy) is 8. The maximum absolute atomic E-state index is 10.5. The molecule has 2 aromatic carbocycles. The van der Waals surface area contributed by atoms with E-state index in [0.29, 0.717) is 36.3 Å². The quantitative estimate of drug-likeness (QED) is 0.111. The van der Waals surface area contributed by atoms with Gasteiger partial charge in [-0.3, -0.25) is 0 Å². The molecule has 0 amide bonds. The molecule has 8 N–H and O–H groups in total. The van der Waals surface area contributed by atoms with Gasteiger partial charge in [-0.15, -0.1) is 0 Å². The summed E-state index contributed by atoms with van der Waals surface area (Å²) >= 11 is 0. The van der Waals surface area contributed by atoms with Crippen molar-refractivity contribution < 1.29 is 78.7 Å². The Labute approximate surface area is 271 Å². The Balaban J connectivity index is 1.50. The van der Waals surface area contributed by atoms with Gasteiger partial charge in [0.15, 0.2) is 23.0 Å². The van der Waals surface area contributed by atoms with E-state index in [9.17, 15) is 40.9 Å². The van der Waals surface area contributed by atoms with Crippen LogP contribution in [0.4, 0.5) is 0 Å². The minimum atomic E-state index is -1.64. The zero-order valence-electron chi connectivity index (χ0n) is 26.5. The molecule has 0 bridgehead atoms. The Morgan fingerprint density at radius 3 is 1.57 bits per heavy atom. The Kier molecular flexibility index (Phi) is 12.7. The van der Waals surface area contributed by atoms with E-state index < -0.39 is 74.6 Å². The molecule has 16 heteroatoms. The van der Waals surface area contributed by atoms with Crippen molar-refractivity contribution >= 4 is 0 Å². The van der Waals surface area contributed by atoms with Crippen molar-refractivity contribution in [3.63, 3.8) is 0 Å². The van der Waals surface area contributed by atoms with E-state index in [2.05, 4.69) is 0 Å². The third-order valence-corrected chi connectivity index (χ3v) is 8.17. The van der Waals surface area contributed by atoms with Crippen molar-refractivity contribution in [3.05, 3.63) is 35.4 Å². The number of benzene rings is 2. The Morgan fingerprint density at radius 2 is 1.09 bits per heavy atom. The van der Waals surface area contributed by atoms with Crippen LogP contribution in [0.25, 0.3) is 0 Å². The highest BCUT2D eigenvalue weighted by molar-refractivity contribution is 5.63. The monoisotopic (exact) mass is 672 g/mol. The summed E-state index contributed by atoms with van der Waals surface area (Å²) in [6.07, 6.45) is -13.1. The molecule has 2 aromatic rings. The summed E-state index contributed by atoms with van der Waals surface area (Å²) in [5.74, 6) is 1.34. The Hall–Kier alpha value is -3.16. The van der Waals surface area contributed by atoms with Crippen LogP contribution in [-0.4, -0.2) is 144 Å². The fourth-order valence-corrected chi connectivity index (χ4v) is 5.55. The minimum absolute atomic E-state index is 0.0980. The van der Waals surface area contributed by atoms with Crippen LogP contribution in [0.1, 0.15) is 17.5 Å². The van der Waals surface area contributed by atoms with Crippen LogP contribution < -0.4 is 28.4 Å². The molecule has 10 unspecified atom stereocenters. The molecular weight excluding hydrogens is 628 g/mol. The van der Waals surface area contributed by atoms with Gasteiger partial charge in [0.1, 0.15) is 48.8 Å². The highest BCUT2D eigenvalue weighted by Crippen LogP contribution is 2.48. The number of rotatable bonds is 14. The molecule has 2 aliphatic heterocycles. The lowest BCUT2D eigenvalue weighted by Crippen LogP contribution is -2.60. The lowest BCUT2D eigenvalue weighted by molar-refractivity contribution is -0.277. The summed E-state index contributed by atoms with van der Waals surface area (Å²) in [4.78, 5) is 0. The lowest BCUT2D eigenvalue weighted by atomic mass is 9.99. The Morgan fingerprint density at radius 1 is 0.553 bits per heavy atom. The predicted octanol–water partition coefficient (Wildman–Crippen LogP) is -1.75. The minimum Gasteiger partial charge on any atom is -0.493 e. The van der Waals surface area contributed by atoms with E-state index in [-0.39, 0.29) is 23.0 Å². The van der Waals surface area contributed by atoms with E-state index in [4.69, 9.17) is 37.9 Å². The molecule has 2 heterocycles. The number of aliphatic hydroxyl groups excluding tert-OH is 8. The van der Waals surface area contributed by atoms with E-state index in [1.165, 1.54) is 28.4 Å². The summed E-state index contributed by atoms with van der Waals surface area (Å²) in [5, 5.41) is 80.3. The number of hydrogen-bond donors (Lipinski definition) is 8. The van der Waals surface area contributed by atoms with E-state index in [1.54, 1.807) is 24.3 Å². The van der Waals surface area contributed by atoms with Crippen molar-refractivity contribution in [1.82, 2.24) is 0 Å². The van der Waals surface area contributed by atoms with Crippen molar-refractivity contribution in [3.8, 4) is 34.5 Å². The second-order valence-electron chi connectivity index (χ2n) is 11.1. The topological polar surface area (TPSA) is 236 Å². The smallest absolute Gasteiger partial charge is 0.229 e. The Bertz CT molecular complexity index is 1300. The molecule has 2 aliphatic rings. The lowest BCUT2D eigenvalue weighted by Gasteiger charge is -2.39. The van der Waals surface area contributed by atoms with Gasteiger partial charge in [-0.05, 0) is 43.0 Å². The maximum Gasteiger partial charge on any atom is 0.229 e. The van der Waals surface area contributed by atoms with E-state index >= 15 is 0 Å². The highest BCUT2D eigenvalue weighted by atomic mass is 16.7. The summed E-state index contributed by atoms with van der Waals surface area (Å²) in [6, 6.07) is 6.75. The molecule has 0 radical (unpaired) electrons. The van der Waals surface area contributed by atoms with Crippen LogP contribution in [0.15, 0.2) is 24.3 Å². The third kappa shape index (κ3) is 7.78. The second kappa shape index (κ2) is 16.3. The second-order valence-corrected chi connectivity index (χ2v) is 11.1. The normalized spacial score (nSPS) is 30.8. The fraction of sp³-hybridized carbons (Fsp3) is 0.613.